The van der Waals surface area contributed by atoms with Crippen molar-refractivity contribution >= 4 is 9.84 Å². The average Bonchev–Trinajstić information content (AvgIpc) is 2.84. The van der Waals surface area contributed by atoms with Gasteiger partial charge in [-0.3, -0.25) is 0 Å². The molecule has 0 fully saturated rings. The summed E-state index contributed by atoms with van der Waals surface area (Å²) < 4.78 is 28.6. The van der Waals surface area contributed by atoms with Crippen molar-refractivity contribution < 1.29 is 12.9 Å². The highest BCUT2D eigenvalue weighted by Gasteiger charge is 2.16. The fourth-order valence-electron chi connectivity index (χ4n) is 1.70. The average molecular weight is 292 g/mol. The number of aryl methyl sites for hydroxylation is 1. The molecule has 0 saturated heterocycles. The van der Waals surface area contributed by atoms with Crippen LogP contribution >= 0.6 is 0 Å². The van der Waals surface area contributed by atoms with Gasteiger partial charge in [0.15, 0.2) is 9.84 Å². The molecular weight excluding hydrogens is 276 g/mol. The van der Waals surface area contributed by atoms with E-state index in [-0.39, 0.29) is 17.4 Å². The predicted molar refractivity (Wildman–Crippen MR) is 76.8 cm³/mol. The molecule has 0 atom stereocenters. The van der Waals surface area contributed by atoms with E-state index in [2.05, 4.69) is 10.1 Å². The molecule has 2 aromatic rings. The third-order valence-electron chi connectivity index (χ3n) is 2.67. The van der Waals surface area contributed by atoms with Crippen LogP contribution in [0.15, 0.2) is 40.9 Å². The van der Waals surface area contributed by atoms with E-state index in [1.807, 2.05) is 31.2 Å². The van der Waals surface area contributed by atoms with Crippen molar-refractivity contribution in [3.63, 3.8) is 0 Å². The van der Waals surface area contributed by atoms with E-state index in [1.165, 1.54) is 0 Å². The maximum Gasteiger partial charge on any atom is 0.242 e. The first-order valence-corrected chi connectivity index (χ1v) is 8.03. The smallest absolute Gasteiger partial charge is 0.242 e. The van der Waals surface area contributed by atoms with Crippen molar-refractivity contribution in [1.82, 2.24) is 10.1 Å². The van der Waals surface area contributed by atoms with E-state index < -0.39 is 9.84 Å². The molecule has 0 unspecified atom stereocenters. The lowest BCUT2D eigenvalue weighted by molar-refractivity contribution is 0.389. The number of hydrogen-bond donors (Lipinski definition) is 0. The van der Waals surface area contributed by atoms with Gasteiger partial charge in [-0.25, -0.2) is 8.42 Å². The van der Waals surface area contributed by atoms with Gasteiger partial charge in [-0.2, -0.15) is 4.98 Å². The van der Waals surface area contributed by atoms with E-state index in [4.69, 9.17) is 4.52 Å². The van der Waals surface area contributed by atoms with E-state index >= 15 is 0 Å². The molecule has 5 nitrogen and oxygen atoms in total. The summed E-state index contributed by atoms with van der Waals surface area (Å²) in [6.07, 6.45) is 3.29. The molecule has 0 aliphatic heterocycles. The summed E-state index contributed by atoms with van der Waals surface area (Å²) >= 11 is 0. The van der Waals surface area contributed by atoms with Crippen molar-refractivity contribution in [2.75, 3.05) is 5.75 Å². The van der Waals surface area contributed by atoms with E-state index in [9.17, 15) is 8.42 Å². The van der Waals surface area contributed by atoms with Crippen molar-refractivity contribution in [2.45, 2.75) is 19.6 Å². The number of aromatic nitrogens is 2. The van der Waals surface area contributed by atoms with Crippen molar-refractivity contribution in [3.8, 4) is 11.4 Å². The fourth-order valence-corrected chi connectivity index (χ4v) is 2.80. The number of nitrogens with zero attached hydrogens (tertiary/aromatic N) is 2. The molecule has 1 aromatic carbocycles. The first kappa shape index (κ1) is 14.5. The highest BCUT2D eigenvalue weighted by molar-refractivity contribution is 7.90. The monoisotopic (exact) mass is 292 g/mol. The van der Waals surface area contributed by atoms with Crippen LogP contribution in [0.5, 0.6) is 0 Å². The summed E-state index contributed by atoms with van der Waals surface area (Å²) in [7, 11) is -3.26. The van der Waals surface area contributed by atoms with Crippen LogP contribution in [-0.4, -0.2) is 24.3 Å². The van der Waals surface area contributed by atoms with Crippen LogP contribution in [0.3, 0.4) is 0 Å². The number of hydrogen-bond acceptors (Lipinski definition) is 5. The molecule has 0 saturated carbocycles. The Kier molecular flexibility index (Phi) is 4.34. The summed E-state index contributed by atoms with van der Waals surface area (Å²) in [6, 6.07) is 7.63. The molecule has 0 radical (unpaired) electrons. The largest absolute Gasteiger partial charge is 0.338 e. The topological polar surface area (TPSA) is 73.1 Å². The summed E-state index contributed by atoms with van der Waals surface area (Å²) in [4.78, 5) is 4.13. The molecule has 0 aliphatic carbocycles. The van der Waals surface area contributed by atoms with Gasteiger partial charge in [-0.1, -0.05) is 41.1 Å². The molecule has 0 spiro atoms. The van der Waals surface area contributed by atoms with Crippen LogP contribution in [0.4, 0.5) is 0 Å². The molecule has 0 bridgehead atoms. The number of allylic oxidation sites excluding steroid dienone is 1. The first-order chi connectivity index (χ1) is 9.50. The molecule has 0 aliphatic rings. The second-order valence-corrected chi connectivity index (χ2v) is 6.61. The van der Waals surface area contributed by atoms with E-state index in [0.29, 0.717) is 5.82 Å². The van der Waals surface area contributed by atoms with Gasteiger partial charge in [0.1, 0.15) is 5.75 Å². The van der Waals surface area contributed by atoms with Crippen molar-refractivity contribution in [3.05, 3.63) is 47.9 Å². The molecule has 1 aromatic heterocycles. The van der Waals surface area contributed by atoms with Gasteiger partial charge >= 0.3 is 0 Å². The molecule has 106 valence electrons. The zero-order valence-corrected chi connectivity index (χ0v) is 12.2. The quantitative estimate of drug-likeness (QED) is 0.792. The summed E-state index contributed by atoms with van der Waals surface area (Å²) in [6.45, 7) is 3.74. The van der Waals surface area contributed by atoms with E-state index in [1.54, 1.807) is 19.1 Å². The highest BCUT2D eigenvalue weighted by Crippen LogP contribution is 2.17. The fraction of sp³-hybridized carbons (Fsp3) is 0.286. The zero-order chi connectivity index (χ0) is 14.6. The maximum absolute atomic E-state index is 11.8. The highest BCUT2D eigenvalue weighted by atomic mass is 32.2. The van der Waals surface area contributed by atoms with Crippen LogP contribution in [0.1, 0.15) is 18.4 Å². The molecule has 2 rings (SSSR count). The van der Waals surface area contributed by atoms with Crippen molar-refractivity contribution in [2.24, 2.45) is 0 Å². The second-order valence-electron chi connectivity index (χ2n) is 4.50. The van der Waals surface area contributed by atoms with Gasteiger partial charge < -0.3 is 4.52 Å². The van der Waals surface area contributed by atoms with Gasteiger partial charge in [0, 0.05) is 5.56 Å². The van der Waals surface area contributed by atoms with Crippen molar-refractivity contribution in [1.29, 1.82) is 0 Å². The Morgan fingerprint density at radius 1 is 1.35 bits per heavy atom. The minimum atomic E-state index is -3.26. The molecule has 20 heavy (non-hydrogen) atoms. The maximum atomic E-state index is 11.8. The standard InChI is InChI=1S/C14H16N2O3S/c1-3-4-8-20(17,18)10-13-15-14(16-19-13)12-7-5-6-11(2)9-12/h3-7,9H,8,10H2,1-2H3/b4-3+. The normalized spacial score (nSPS) is 12.1. The number of benzene rings is 1. The van der Waals surface area contributed by atoms with Gasteiger partial charge in [0.25, 0.3) is 0 Å². The number of sulfone groups is 1. The van der Waals surface area contributed by atoms with Crippen LogP contribution in [0, 0.1) is 6.92 Å². The molecule has 6 heteroatoms. The second kappa shape index (κ2) is 6.00. The summed E-state index contributed by atoms with van der Waals surface area (Å²) in [5.74, 6) is 0.262. The van der Waals surface area contributed by atoms with Gasteiger partial charge in [-0.15, -0.1) is 0 Å². The van der Waals surface area contributed by atoms with Gasteiger partial charge in [0.2, 0.25) is 11.7 Å². The molecule has 0 amide bonds. The molecule has 1 heterocycles. The Morgan fingerprint density at radius 3 is 2.85 bits per heavy atom. The van der Waals surface area contributed by atoms with Gasteiger partial charge in [-0.05, 0) is 19.9 Å². The van der Waals surface area contributed by atoms with Gasteiger partial charge in [0.05, 0.1) is 5.75 Å². The van der Waals surface area contributed by atoms with Crippen LogP contribution < -0.4 is 0 Å². The SMILES string of the molecule is C/C=C/CS(=O)(=O)Cc1nc(-c2cccc(C)c2)no1. The lowest BCUT2D eigenvalue weighted by atomic mass is 10.1. The summed E-state index contributed by atoms with van der Waals surface area (Å²) in [5.41, 5.74) is 1.89. The van der Waals surface area contributed by atoms with Crippen LogP contribution in [-0.2, 0) is 15.6 Å². The predicted octanol–water partition coefficient (Wildman–Crippen LogP) is 2.54. The Hall–Kier alpha value is -1.95. The summed E-state index contributed by atoms with van der Waals surface area (Å²) in [5, 5.41) is 3.82. The Bertz CT molecular complexity index is 718. The Labute approximate surface area is 118 Å². The molecule has 0 N–H and O–H groups in total. The molecular formula is C14H16N2O3S. The first-order valence-electron chi connectivity index (χ1n) is 6.21. The van der Waals surface area contributed by atoms with E-state index in [0.717, 1.165) is 11.1 Å². The lowest BCUT2D eigenvalue weighted by Gasteiger charge is -1.96. The minimum absolute atomic E-state index is 0.0222. The zero-order valence-electron chi connectivity index (χ0n) is 11.4. The van der Waals surface area contributed by atoms with Crippen LogP contribution in [0.2, 0.25) is 0 Å². The lowest BCUT2D eigenvalue weighted by Crippen LogP contribution is -2.07. The third kappa shape index (κ3) is 3.77. The minimum Gasteiger partial charge on any atom is -0.338 e. The Balaban J connectivity index is 2.17. The Morgan fingerprint density at radius 2 is 2.15 bits per heavy atom. The van der Waals surface area contributed by atoms with Crippen LogP contribution in [0.25, 0.3) is 11.4 Å². The third-order valence-corrected chi connectivity index (χ3v) is 4.06. The number of rotatable bonds is 5.